The molecule has 6 heteroatoms. The van der Waals surface area contributed by atoms with Crippen LogP contribution < -0.4 is 4.90 Å². The normalized spacial score (nSPS) is 12.2. The number of aromatic carboxylic acids is 1. The van der Waals surface area contributed by atoms with Gasteiger partial charge in [-0.1, -0.05) is 6.92 Å². The summed E-state index contributed by atoms with van der Waals surface area (Å²) in [5.74, 6) is 0.661. The van der Waals surface area contributed by atoms with Gasteiger partial charge in [0.2, 0.25) is 0 Å². The summed E-state index contributed by atoms with van der Waals surface area (Å²) in [7, 11) is 1.95. The topological polar surface area (TPSA) is 66.3 Å². The molecule has 0 radical (unpaired) electrons. The van der Waals surface area contributed by atoms with Gasteiger partial charge in [-0.3, -0.25) is 0 Å². The van der Waals surface area contributed by atoms with Crippen molar-refractivity contribution in [2.45, 2.75) is 19.4 Å². The van der Waals surface area contributed by atoms with Crippen LogP contribution in [0.5, 0.6) is 0 Å². The third-order valence-electron chi connectivity index (χ3n) is 2.60. The summed E-state index contributed by atoms with van der Waals surface area (Å²) in [5.41, 5.74) is -0.0277. The van der Waals surface area contributed by atoms with Crippen molar-refractivity contribution >= 4 is 23.5 Å². The fraction of sp³-hybridized carbons (Fsp3) is 0.545. The van der Waals surface area contributed by atoms with Gasteiger partial charge in [0, 0.05) is 18.8 Å². The number of aromatic nitrogens is 2. The third kappa shape index (κ3) is 3.59. The molecule has 1 atom stereocenters. The highest BCUT2D eigenvalue weighted by atomic mass is 32.2. The van der Waals surface area contributed by atoms with Gasteiger partial charge in [0.25, 0.3) is 0 Å². The Bertz CT molecular complexity index is 369. The smallest absolute Gasteiger partial charge is 0.356 e. The Morgan fingerprint density at radius 3 is 2.65 bits per heavy atom. The third-order valence-corrected chi connectivity index (χ3v) is 3.31. The molecule has 0 spiro atoms. The monoisotopic (exact) mass is 255 g/mol. The molecule has 0 saturated carbocycles. The molecule has 0 aromatic carbocycles. The summed E-state index contributed by atoms with van der Waals surface area (Å²) in [6.07, 6.45) is 5.88. The van der Waals surface area contributed by atoms with E-state index in [2.05, 4.69) is 23.1 Å². The van der Waals surface area contributed by atoms with Gasteiger partial charge >= 0.3 is 5.97 Å². The quantitative estimate of drug-likeness (QED) is 0.835. The largest absolute Gasteiger partial charge is 0.476 e. The number of thioether (sulfide) groups is 1. The lowest BCUT2D eigenvalue weighted by Gasteiger charge is -2.27. The molecule has 1 heterocycles. The maximum absolute atomic E-state index is 10.7. The highest BCUT2D eigenvalue weighted by Gasteiger charge is 2.14. The molecule has 1 unspecified atom stereocenters. The van der Waals surface area contributed by atoms with Crippen molar-refractivity contribution in [2.24, 2.45) is 0 Å². The summed E-state index contributed by atoms with van der Waals surface area (Å²) in [5, 5.41) is 8.73. The molecule has 0 fully saturated rings. The average molecular weight is 255 g/mol. The molecule has 5 nitrogen and oxygen atoms in total. The minimum Gasteiger partial charge on any atom is -0.476 e. The molecule has 0 aliphatic heterocycles. The molecule has 1 N–H and O–H groups in total. The zero-order valence-corrected chi connectivity index (χ0v) is 11.1. The van der Waals surface area contributed by atoms with E-state index in [9.17, 15) is 4.79 Å². The first-order chi connectivity index (χ1) is 8.10. The van der Waals surface area contributed by atoms with E-state index in [1.807, 2.05) is 11.9 Å². The number of carbonyl (C=O) groups is 1. The number of hydrogen-bond acceptors (Lipinski definition) is 5. The minimum atomic E-state index is -1.05. The van der Waals surface area contributed by atoms with Gasteiger partial charge in [-0.2, -0.15) is 11.8 Å². The van der Waals surface area contributed by atoms with Crippen LogP contribution in [0.15, 0.2) is 12.4 Å². The van der Waals surface area contributed by atoms with Crippen LogP contribution in [-0.2, 0) is 0 Å². The van der Waals surface area contributed by atoms with Crippen molar-refractivity contribution in [3.05, 3.63) is 18.1 Å². The minimum absolute atomic E-state index is 0.0277. The lowest BCUT2D eigenvalue weighted by Crippen LogP contribution is -2.33. The molecule has 94 valence electrons. The molecule has 0 aliphatic carbocycles. The van der Waals surface area contributed by atoms with Gasteiger partial charge in [0.05, 0.1) is 12.4 Å². The van der Waals surface area contributed by atoms with Crippen molar-refractivity contribution in [2.75, 3.05) is 24.0 Å². The lowest BCUT2D eigenvalue weighted by atomic mass is 10.2. The van der Waals surface area contributed by atoms with E-state index >= 15 is 0 Å². The molecule has 0 saturated heterocycles. The average Bonchev–Trinajstić information content (AvgIpc) is 2.35. The summed E-state index contributed by atoms with van der Waals surface area (Å²) >= 11 is 1.78. The van der Waals surface area contributed by atoms with E-state index in [1.54, 1.807) is 11.8 Å². The van der Waals surface area contributed by atoms with E-state index in [0.717, 1.165) is 12.2 Å². The Kier molecular flexibility index (Phi) is 5.21. The maximum Gasteiger partial charge on any atom is 0.356 e. The molecule has 0 aliphatic rings. The maximum atomic E-state index is 10.7. The summed E-state index contributed by atoms with van der Waals surface area (Å²) < 4.78 is 0. The van der Waals surface area contributed by atoms with Crippen molar-refractivity contribution in [3.63, 3.8) is 0 Å². The molecule has 1 aromatic rings. The van der Waals surface area contributed by atoms with Crippen LogP contribution in [0, 0.1) is 0 Å². The Balaban J connectivity index is 2.81. The van der Waals surface area contributed by atoms with Crippen LogP contribution in [-0.4, -0.2) is 46.1 Å². The zero-order chi connectivity index (χ0) is 12.8. The van der Waals surface area contributed by atoms with Gasteiger partial charge in [0.1, 0.15) is 5.82 Å². The first kappa shape index (κ1) is 13.8. The van der Waals surface area contributed by atoms with Crippen molar-refractivity contribution < 1.29 is 9.90 Å². The standard InChI is InChI=1S/C11H17N3O2S/c1-4-8(7-17-3)14(2)10-6-12-9(5-13-10)11(15)16/h5-6,8H,4,7H2,1-3H3,(H,15,16). The van der Waals surface area contributed by atoms with Crippen LogP contribution in [0.1, 0.15) is 23.8 Å². The van der Waals surface area contributed by atoms with Gasteiger partial charge in [-0.25, -0.2) is 14.8 Å². The molecule has 17 heavy (non-hydrogen) atoms. The molecule has 0 amide bonds. The van der Waals surface area contributed by atoms with Crippen LogP contribution in [0.25, 0.3) is 0 Å². The van der Waals surface area contributed by atoms with Crippen molar-refractivity contribution in [1.29, 1.82) is 0 Å². The van der Waals surface area contributed by atoms with E-state index in [4.69, 9.17) is 5.11 Å². The predicted octanol–water partition coefficient (Wildman–Crippen LogP) is 1.75. The fourth-order valence-electron chi connectivity index (χ4n) is 1.50. The molecule has 0 bridgehead atoms. The summed E-state index contributed by atoms with van der Waals surface area (Å²) in [6, 6.07) is 0.384. The summed E-state index contributed by atoms with van der Waals surface area (Å²) in [4.78, 5) is 20.7. The Morgan fingerprint density at radius 2 is 2.24 bits per heavy atom. The number of anilines is 1. The second-order valence-corrected chi connectivity index (χ2v) is 4.60. The van der Waals surface area contributed by atoms with E-state index in [1.165, 1.54) is 12.4 Å². The van der Waals surface area contributed by atoms with Crippen LogP contribution in [0.3, 0.4) is 0 Å². The van der Waals surface area contributed by atoms with E-state index in [0.29, 0.717) is 11.9 Å². The highest BCUT2D eigenvalue weighted by Crippen LogP contribution is 2.15. The second kappa shape index (κ2) is 6.44. The van der Waals surface area contributed by atoms with E-state index in [-0.39, 0.29) is 5.69 Å². The molecule has 1 rings (SSSR count). The van der Waals surface area contributed by atoms with Crippen molar-refractivity contribution in [1.82, 2.24) is 9.97 Å². The SMILES string of the molecule is CCC(CSC)N(C)c1cnc(C(=O)O)cn1. The van der Waals surface area contributed by atoms with Crippen molar-refractivity contribution in [3.8, 4) is 0 Å². The number of carboxylic acids is 1. The molecular formula is C11H17N3O2S. The highest BCUT2D eigenvalue weighted by molar-refractivity contribution is 7.98. The van der Waals surface area contributed by atoms with Crippen LogP contribution >= 0.6 is 11.8 Å². The lowest BCUT2D eigenvalue weighted by molar-refractivity contribution is 0.0690. The number of hydrogen-bond donors (Lipinski definition) is 1. The summed E-state index contributed by atoms with van der Waals surface area (Å²) in [6.45, 7) is 2.12. The van der Waals surface area contributed by atoms with Gasteiger partial charge < -0.3 is 10.0 Å². The van der Waals surface area contributed by atoms with Gasteiger partial charge in [-0.15, -0.1) is 0 Å². The molecule has 1 aromatic heterocycles. The Hall–Kier alpha value is -1.30. The van der Waals surface area contributed by atoms with Gasteiger partial charge in [0.15, 0.2) is 5.69 Å². The number of rotatable bonds is 6. The predicted molar refractivity (Wildman–Crippen MR) is 69.9 cm³/mol. The molecular weight excluding hydrogens is 238 g/mol. The first-order valence-electron chi connectivity index (χ1n) is 5.37. The second-order valence-electron chi connectivity index (χ2n) is 3.69. The number of carboxylic acid groups (broad SMARTS) is 1. The number of nitrogens with zero attached hydrogens (tertiary/aromatic N) is 3. The van der Waals surface area contributed by atoms with Crippen LogP contribution in [0.2, 0.25) is 0 Å². The Morgan fingerprint density at radius 1 is 1.53 bits per heavy atom. The van der Waals surface area contributed by atoms with Gasteiger partial charge in [-0.05, 0) is 12.7 Å². The Labute approximate surface area is 105 Å². The zero-order valence-electron chi connectivity index (χ0n) is 10.3. The first-order valence-corrected chi connectivity index (χ1v) is 6.76. The van der Waals surface area contributed by atoms with E-state index < -0.39 is 5.97 Å². The fourth-order valence-corrected chi connectivity index (χ4v) is 2.34. The van der Waals surface area contributed by atoms with Crippen LogP contribution in [0.4, 0.5) is 5.82 Å².